The summed E-state index contributed by atoms with van der Waals surface area (Å²) in [7, 11) is -4.67. The van der Waals surface area contributed by atoms with Gasteiger partial charge in [0, 0.05) is 12.8 Å². The van der Waals surface area contributed by atoms with E-state index in [4.69, 9.17) is 18.5 Å². The first kappa shape index (κ1) is 51.6. The third kappa shape index (κ3) is 37.3. The standard InChI is InChI=1S/C44H69O10P/c1-3-5-7-9-11-13-15-17-19-20-22-24-26-28-30-32-34-36-44(48)54-42(38-46)40-52-55(49,50)51-39-41(37-45)53-43(47)35-33-31-29-27-25-23-21-18-16-14-12-10-8-6-4-2/h5-8,11-14,17-19,21-22,24-25,27-28,30,41-42,45-46H,3-4,9-10,15-16,20,23,26,29,31-40H2,1-2H3,(H,49,50)/b7-5-,8-6-,13-11-,14-12-,19-17-,21-18-,24-22-,27-25-,30-28-. The summed E-state index contributed by atoms with van der Waals surface area (Å²) in [5.41, 5.74) is 0. The van der Waals surface area contributed by atoms with Crippen molar-refractivity contribution >= 4 is 19.8 Å². The highest BCUT2D eigenvalue weighted by Crippen LogP contribution is 2.43. The number of allylic oxidation sites excluding steroid dienone is 18. The Balaban J connectivity index is 4.13. The molecule has 0 aliphatic carbocycles. The normalized spacial score (nSPS) is 15.1. The van der Waals surface area contributed by atoms with Crippen molar-refractivity contribution in [2.45, 2.75) is 129 Å². The first-order valence-electron chi connectivity index (χ1n) is 19.8. The molecule has 3 unspecified atom stereocenters. The van der Waals surface area contributed by atoms with E-state index in [0.29, 0.717) is 19.3 Å². The van der Waals surface area contributed by atoms with Gasteiger partial charge >= 0.3 is 19.8 Å². The van der Waals surface area contributed by atoms with Crippen LogP contribution in [0.4, 0.5) is 0 Å². The number of carbonyl (C=O) groups excluding carboxylic acids is 2. The van der Waals surface area contributed by atoms with Gasteiger partial charge in [0.15, 0.2) is 0 Å². The predicted molar refractivity (Wildman–Crippen MR) is 223 cm³/mol. The number of hydrogen-bond donors (Lipinski definition) is 3. The van der Waals surface area contributed by atoms with Gasteiger partial charge in [-0.25, -0.2) is 4.57 Å². The van der Waals surface area contributed by atoms with E-state index in [-0.39, 0.29) is 12.8 Å². The van der Waals surface area contributed by atoms with Gasteiger partial charge in [0.05, 0.1) is 26.4 Å². The fourth-order valence-corrected chi connectivity index (χ4v) is 5.28. The lowest BCUT2D eigenvalue weighted by atomic mass is 10.2. The van der Waals surface area contributed by atoms with Crippen molar-refractivity contribution in [2.24, 2.45) is 0 Å². The largest absolute Gasteiger partial charge is 0.472 e. The fourth-order valence-electron chi connectivity index (χ4n) is 4.49. The summed E-state index contributed by atoms with van der Waals surface area (Å²) in [6.07, 6.45) is 47.9. The highest BCUT2D eigenvalue weighted by Gasteiger charge is 2.27. The molecule has 0 rings (SSSR count). The zero-order valence-electron chi connectivity index (χ0n) is 33.3. The summed E-state index contributed by atoms with van der Waals surface area (Å²) in [5, 5.41) is 19.1. The van der Waals surface area contributed by atoms with Gasteiger partial charge in [-0.05, 0) is 89.9 Å². The van der Waals surface area contributed by atoms with Gasteiger partial charge in [-0.2, -0.15) is 0 Å². The summed E-state index contributed by atoms with van der Waals surface area (Å²) < 4.78 is 32.4. The number of esters is 2. The second kappa shape index (κ2) is 38.9. The number of ether oxygens (including phenoxy) is 2. The van der Waals surface area contributed by atoms with E-state index < -0.39 is 58.4 Å². The van der Waals surface area contributed by atoms with Crippen LogP contribution in [0.25, 0.3) is 0 Å². The number of carbonyl (C=O) groups is 2. The van der Waals surface area contributed by atoms with Crippen LogP contribution in [0.2, 0.25) is 0 Å². The summed E-state index contributed by atoms with van der Waals surface area (Å²) >= 11 is 0. The van der Waals surface area contributed by atoms with E-state index in [2.05, 4.69) is 111 Å². The van der Waals surface area contributed by atoms with Crippen LogP contribution in [0.1, 0.15) is 117 Å². The van der Waals surface area contributed by atoms with E-state index in [1.807, 2.05) is 12.2 Å². The summed E-state index contributed by atoms with van der Waals surface area (Å²) in [5.74, 6) is -1.13. The van der Waals surface area contributed by atoms with Crippen LogP contribution in [-0.2, 0) is 32.7 Å². The third-order valence-corrected chi connectivity index (χ3v) is 8.43. The number of rotatable bonds is 35. The summed E-state index contributed by atoms with van der Waals surface area (Å²) in [6, 6.07) is 0. The highest BCUT2D eigenvalue weighted by molar-refractivity contribution is 7.47. The minimum Gasteiger partial charge on any atom is -0.457 e. The molecule has 0 heterocycles. The van der Waals surface area contributed by atoms with Crippen LogP contribution >= 0.6 is 7.82 Å². The Bertz CT molecular complexity index is 1270. The van der Waals surface area contributed by atoms with Gasteiger partial charge in [0.25, 0.3) is 0 Å². The monoisotopic (exact) mass is 788 g/mol. The van der Waals surface area contributed by atoms with E-state index in [0.717, 1.165) is 70.6 Å². The number of phosphoric ester groups is 1. The third-order valence-electron chi connectivity index (χ3n) is 7.48. The van der Waals surface area contributed by atoms with Crippen LogP contribution in [-0.4, -0.2) is 65.7 Å². The molecule has 3 atom stereocenters. The molecule has 0 fully saturated rings. The van der Waals surface area contributed by atoms with Gasteiger partial charge < -0.3 is 24.6 Å². The van der Waals surface area contributed by atoms with Gasteiger partial charge in [0.2, 0.25) is 0 Å². The van der Waals surface area contributed by atoms with Crippen molar-refractivity contribution in [1.29, 1.82) is 0 Å². The maximum atomic E-state index is 12.3. The summed E-state index contributed by atoms with van der Waals surface area (Å²) in [4.78, 5) is 34.4. The predicted octanol–water partition coefficient (Wildman–Crippen LogP) is 10.2. The lowest BCUT2D eigenvalue weighted by Crippen LogP contribution is -2.28. The average molecular weight is 789 g/mol. The van der Waals surface area contributed by atoms with Crippen molar-refractivity contribution in [2.75, 3.05) is 26.4 Å². The minimum atomic E-state index is -4.67. The fraction of sp³-hybridized carbons (Fsp3) is 0.545. The second-order valence-corrected chi connectivity index (χ2v) is 13.9. The Labute approximate surface area is 331 Å². The molecule has 0 bridgehead atoms. The van der Waals surface area contributed by atoms with Crippen molar-refractivity contribution in [3.05, 3.63) is 109 Å². The number of hydrogen-bond acceptors (Lipinski definition) is 9. The smallest absolute Gasteiger partial charge is 0.457 e. The molecular formula is C44H69O10P. The molecule has 0 aromatic carbocycles. The molecule has 3 N–H and O–H groups in total. The number of aliphatic hydroxyl groups excluding tert-OH is 2. The lowest BCUT2D eigenvalue weighted by Gasteiger charge is -2.20. The molecule has 0 saturated heterocycles. The maximum Gasteiger partial charge on any atom is 0.472 e. The molecule has 0 aliphatic heterocycles. The zero-order chi connectivity index (χ0) is 40.5. The van der Waals surface area contributed by atoms with E-state index in [1.165, 1.54) is 0 Å². The Kier molecular flexibility index (Phi) is 36.5. The molecule has 0 aromatic heterocycles. The molecular weight excluding hydrogens is 719 g/mol. The Morgan fingerprint density at radius 1 is 0.491 bits per heavy atom. The molecule has 0 aliphatic rings. The highest BCUT2D eigenvalue weighted by atomic mass is 31.2. The number of phosphoric acid groups is 1. The summed E-state index contributed by atoms with van der Waals surface area (Å²) in [6.45, 7) is 1.82. The average Bonchev–Trinajstić information content (AvgIpc) is 3.17. The van der Waals surface area contributed by atoms with Gasteiger partial charge in [-0.15, -0.1) is 0 Å². The first-order valence-corrected chi connectivity index (χ1v) is 21.3. The molecule has 0 amide bonds. The quantitative estimate of drug-likeness (QED) is 0.0245. The van der Waals surface area contributed by atoms with Crippen molar-refractivity contribution in [3.8, 4) is 0 Å². The maximum absolute atomic E-state index is 12.3. The number of aliphatic hydroxyl groups is 2. The minimum absolute atomic E-state index is 0.103. The molecule has 0 saturated carbocycles. The lowest BCUT2D eigenvalue weighted by molar-refractivity contribution is -0.153. The van der Waals surface area contributed by atoms with E-state index in [9.17, 15) is 29.3 Å². The van der Waals surface area contributed by atoms with Crippen LogP contribution in [0.5, 0.6) is 0 Å². The van der Waals surface area contributed by atoms with Crippen LogP contribution in [0, 0.1) is 0 Å². The second-order valence-electron chi connectivity index (χ2n) is 12.5. The zero-order valence-corrected chi connectivity index (χ0v) is 34.2. The molecule has 310 valence electrons. The molecule has 0 spiro atoms. The Morgan fingerprint density at radius 3 is 1.15 bits per heavy atom. The van der Waals surface area contributed by atoms with E-state index >= 15 is 0 Å². The number of unbranched alkanes of at least 4 members (excludes halogenated alkanes) is 3. The Hall–Kier alpha value is -3.37. The van der Waals surface area contributed by atoms with Crippen LogP contribution in [0.15, 0.2) is 109 Å². The topological polar surface area (TPSA) is 149 Å². The molecule has 55 heavy (non-hydrogen) atoms. The Morgan fingerprint density at radius 2 is 0.800 bits per heavy atom. The SMILES string of the molecule is CC/C=C\C/C=C\C/C=C\C/C=C\C/C=C\CCCC(=O)OC(CO)COP(=O)(O)OCC(CO)OC(=O)CCCC/C=C\C/C=C\C/C=C\C/C=C\CC. The van der Waals surface area contributed by atoms with Crippen LogP contribution in [0.3, 0.4) is 0 Å². The first-order chi connectivity index (χ1) is 26.8. The van der Waals surface area contributed by atoms with Crippen LogP contribution < -0.4 is 0 Å². The molecule has 0 radical (unpaired) electrons. The van der Waals surface area contributed by atoms with Gasteiger partial charge in [-0.3, -0.25) is 18.6 Å². The van der Waals surface area contributed by atoms with Gasteiger partial charge in [0.1, 0.15) is 12.2 Å². The van der Waals surface area contributed by atoms with Crippen molar-refractivity contribution in [1.82, 2.24) is 0 Å². The van der Waals surface area contributed by atoms with Gasteiger partial charge in [-0.1, -0.05) is 123 Å². The molecule has 11 heteroatoms. The molecule has 10 nitrogen and oxygen atoms in total. The van der Waals surface area contributed by atoms with E-state index in [1.54, 1.807) is 0 Å². The molecule has 0 aromatic rings. The van der Waals surface area contributed by atoms with Crippen molar-refractivity contribution in [3.63, 3.8) is 0 Å². The van der Waals surface area contributed by atoms with Crippen molar-refractivity contribution < 1.29 is 47.8 Å².